The second-order valence-corrected chi connectivity index (χ2v) is 8.48. The van der Waals surface area contributed by atoms with E-state index in [4.69, 9.17) is 0 Å². The summed E-state index contributed by atoms with van der Waals surface area (Å²) in [5.74, 6) is -0.941. The quantitative estimate of drug-likeness (QED) is 0.851. The van der Waals surface area contributed by atoms with Crippen molar-refractivity contribution in [2.75, 3.05) is 11.1 Å². The van der Waals surface area contributed by atoms with Crippen LogP contribution in [0.25, 0.3) is 0 Å². The summed E-state index contributed by atoms with van der Waals surface area (Å²) in [6.45, 7) is 0. The van der Waals surface area contributed by atoms with Gasteiger partial charge in [0, 0.05) is 4.88 Å². The van der Waals surface area contributed by atoms with Crippen LogP contribution >= 0.6 is 23.1 Å². The van der Waals surface area contributed by atoms with Crippen molar-refractivity contribution in [1.29, 1.82) is 5.26 Å². The van der Waals surface area contributed by atoms with Crippen LogP contribution in [0.5, 0.6) is 0 Å². The first kappa shape index (κ1) is 16.3. The minimum atomic E-state index is -0.828. The number of nitrogens with zero attached hydrogens (tertiary/aromatic N) is 1. The molecule has 0 aromatic carbocycles. The fraction of sp³-hybridized carbons (Fsp3) is 0.562. The Hall–Kier alpha value is -1.52. The van der Waals surface area contributed by atoms with Gasteiger partial charge in [-0.1, -0.05) is 0 Å². The normalized spacial score (nSPS) is 18.4. The highest BCUT2D eigenvalue weighted by atomic mass is 32.2. The van der Waals surface area contributed by atoms with Crippen molar-refractivity contribution in [3.63, 3.8) is 0 Å². The summed E-state index contributed by atoms with van der Waals surface area (Å²) in [5, 5.41) is 22.1. The minimum Gasteiger partial charge on any atom is -0.480 e. The van der Waals surface area contributed by atoms with E-state index in [0.717, 1.165) is 37.7 Å². The van der Waals surface area contributed by atoms with Crippen LogP contribution in [-0.2, 0) is 22.4 Å². The molecule has 1 heterocycles. The van der Waals surface area contributed by atoms with Crippen molar-refractivity contribution in [3.8, 4) is 6.07 Å². The molecule has 23 heavy (non-hydrogen) atoms. The number of aliphatic carboxylic acids is 1. The van der Waals surface area contributed by atoms with Crippen LogP contribution in [0, 0.1) is 11.3 Å². The molecule has 3 rings (SSSR count). The van der Waals surface area contributed by atoms with E-state index in [9.17, 15) is 20.0 Å². The van der Waals surface area contributed by atoms with E-state index in [0.29, 0.717) is 23.4 Å². The summed E-state index contributed by atoms with van der Waals surface area (Å²) in [6, 6.07) is 2.22. The highest BCUT2D eigenvalue weighted by molar-refractivity contribution is 8.02. The van der Waals surface area contributed by atoms with E-state index in [2.05, 4.69) is 11.4 Å². The Labute approximate surface area is 143 Å². The molecule has 7 heteroatoms. The minimum absolute atomic E-state index is 0.111. The Morgan fingerprint density at radius 3 is 2.65 bits per heavy atom. The smallest absolute Gasteiger partial charge is 0.319 e. The number of aryl methyl sites for hydroxylation is 1. The standard InChI is InChI=1S/C16H18N2O3S2/c17-8-11-10-4-1-2-5-12(10)23-14(11)18-13(19)9-22-16(15(20)21)6-3-7-16/h1-7,9H2,(H,18,19)(H,20,21). The molecule has 1 fully saturated rings. The molecule has 1 aromatic rings. The van der Waals surface area contributed by atoms with Crippen molar-refractivity contribution < 1.29 is 14.7 Å². The number of carboxylic acids is 1. The maximum Gasteiger partial charge on any atom is 0.319 e. The van der Waals surface area contributed by atoms with Gasteiger partial charge in [-0.15, -0.1) is 23.1 Å². The topological polar surface area (TPSA) is 90.2 Å². The molecule has 1 saturated carbocycles. The summed E-state index contributed by atoms with van der Waals surface area (Å²) < 4.78 is -0.788. The van der Waals surface area contributed by atoms with Crippen molar-refractivity contribution in [1.82, 2.24) is 0 Å². The van der Waals surface area contributed by atoms with Gasteiger partial charge in [-0.05, 0) is 50.5 Å². The third-order valence-corrected chi connectivity index (χ3v) is 7.32. The predicted octanol–water partition coefficient (Wildman–Crippen LogP) is 3.18. The number of fused-ring (bicyclic) bond motifs is 1. The molecule has 0 radical (unpaired) electrons. The molecule has 2 aliphatic carbocycles. The molecule has 0 atom stereocenters. The molecule has 5 nitrogen and oxygen atoms in total. The van der Waals surface area contributed by atoms with Gasteiger partial charge in [0.05, 0.1) is 11.3 Å². The number of thiophene rings is 1. The molecule has 0 aliphatic heterocycles. The third-order valence-electron chi connectivity index (χ3n) is 4.57. The first-order chi connectivity index (χ1) is 11.1. The Bertz CT molecular complexity index is 686. The van der Waals surface area contributed by atoms with Crippen LogP contribution in [0.4, 0.5) is 5.00 Å². The zero-order valence-electron chi connectivity index (χ0n) is 12.7. The maximum absolute atomic E-state index is 12.2. The second kappa shape index (κ2) is 6.54. The number of anilines is 1. The molecule has 2 N–H and O–H groups in total. The van der Waals surface area contributed by atoms with Crippen LogP contribution < -0.4 is 5.32 Å². The lowest BCUT2D eigenvalue weighted by molar-refractivity contribution is -0.142. The fourth-order valence-corrected chi connectivity index (χ4v) is 5.49. The van der Waals surface area contributed by atoms with Crippen LogP contribution in [-0.4, -0.2) is 27.5 Å². The van der Waals surface area contributed by atoms with Crippen LogP contribution in [0.15, 0.2) is 0 Å². The number of carbonyl (C=O) groups excluding carboxylic acids is 1. The summed E-state index contributed by atoms with van der Waals surface area (Å²) >= 11 is 2.70. The zero-order chi connectivity index (χ0) is 16.4. The lowest BCUT2D eigenvalue weighted by atomic mass is 9.84. The van der Waals surface area contributed by atoms with Gasteiger partial charge in [-0.3, -0.25) is 9.59 Å². The van der Waals surface area contributed by atoms with E-state index in [1.807, 2.05) is 0 Å². The summed E-state index contributed by atoms with van der Waals surface area (Å²) in [5.41, 5.74) is 1.69. The number of nitriles is 1. The zero-order valence-corrected chi connectivity index (χ0v) is 14.3. The number of amides is 1. The van der Waals surface area contributed by atoms with Crippen molar-refractivity contribution in [2.45, 2.75) is 49.7 Å². The lowest BCUT2D eigenvalue weighted by Gasteiger charge is -2.36. The van der Waals surface area contributed by atoms with E-state index in [1.54, 1.807) is 0 Å². The third kappa shape index (κ3) is 3.10. The second-order valence-electron chi connectivity index (χ2n) is 6.02. The molecule has 0 spiro atoms. The summed E-state index contributed by atoms with van der Waals surface area (Å²) in [7, 11) is 0. The highest BCUT2D eigenvalue weighted by Crippen LogP contribution is 2.44. The van der Waals surface area contributed by atoms with Gasteiger partial charge in [0.25, 0.3) is 0 Å². The molecule has 2 aliphatic rings. The number of carbonyl (C=O) groups is 2. The van der Waals surface area contributed by atoms with Gasteiger partial charge in [0.2, 0.25) is 5.91 Å². The van der Waals surface area contributed by atoms with Gasteiger partial charge in [-0.25, -0.2) is 0 Å². The van der Waals surface area contributed by atoms with Gasteiger partial charge in [0.15, 0.2) is 0 Å². The molecule has 122 valence electrons. The number of carboxylic acid groups (broad SMARTS) is 1. The molecule has 1 aromatic heterocycles. The molecule has 1 amide bonds. The molecular formula is C16H18N2O3S2. The number of hydrogen-bond acceptors (Lipinski definition) is 5. The average Bonchev–Trinajstić information content (AvgIpc) is 2.82. The van der Waals surface area contributed by atoms with Gasteiger partial charge >= 0.3 is 5.97 Å². The van der Waals surface area contributed by atoms with E-state index in [1.165, 1.54) is 28.0 Å². The van der Waals surface area contributed by atoms with Crippen molar-refractivity contribution >= 4 is 40.0 Å². The number of thioether (sulfide) groups is 1. The van der Waals surface area contributed by atoms with Crippen LogP contribution in [0.1, 0.15) is 48.1 Å². The SMILES string of the molecule is N#Cc1c(NC(=O)CSC2(C(=O)O)CCC2)sc2c1CCCC2. The van der Waals surface area contributed by atoms with Crippen LogP contribution in [0.2, 0.25) is 0 Å². The Kier molecular flexibility index (Phi) is 4.64. The number of hydrogen-bond donors (Lipinski definition) is 2. The molecule has 0 bridgehead atoms. The van der Waals surface area contributed by atoms with Crippen molar-refractivity contribution in [2.24, 2.45) is 0 Å². The van der Waals surface area contributed by atoms with E-state index < -0.39 is 10.7 Å². The Morgan fingerprint density at radius 1 is 1.30 bits per heavy atom. The first-order valence-electron chi connectivity index (χ1n) is 7.77. The van der Waals surface area contributed by atoms with E-state index >= 15 is 0 Å². The Morgan fingerprint density at radius 2 is 2.04 bits per heavy atom. The highest BCUT2D eigenvalue weighted by Gasteiger charge is 2.45. The van der Waals surface area contributed by atoms with Gasteiger partial charge < -0.3 is 10.4 Å². The molecular weight excluding hydrogens is 332 g/mol. The van der Waals surface area contributed by atoms with Crippen molar-refractivity contribution in [3.05, 3.63) is 16.0 Å². The monoisotopic (exact) mass is 350 g/mol. The van der Waals surface area contributed by atoms with Crippen LogP contribution in [0.3, 0.4) is 0 Å². The summed E-state index contributed by atoms with van der Waals surface area (Å²) in [4.78, 5) is 24.7. The van der Waals surface area contributed by atoms with E-state index in [-0.39, 0.29) is 11.7 Å². The molecule has 0 saturated heterocycles. The first-order valence-corrected chi connectivity index (χ1v) is 9.58. The fourth-order valence-electron chi connectivity index (χ4n) is 3.06. The average molecular weight is 350 g/mol. The lowest BCUT2D eigenvalue weighted by Crippen LogP contribution is -2.43. The number of nitrogens with one attached hydrogen (secondary N) is 1. The maximum atomic E-state index is 12.2. The Balaban J connectivity index is 1.65. The predicted molar refractivity (Wildman–Crippen MR) is 91.0 cm³/mol. The van der Waals surface area contributed by atoms with Gasteiger partial charge in [0.1, 0.15) is 15.8 Å². The largest absolute Gasteiger partial charge is 0.480 e. The summed E-state index contributed by atoms with van der Waals surface area (Å²) in [6.07, 6.45) is 6.24. The molecule has 0 unspecified atom stereocenters. The van der Waals surface area contributed by atoms with Gasteiger partial charge in [-0.2, -0.15) is 5.26 Å². The number of rotatable bonds is 5.